The van der Waals surface area contributed by atoms with Gasteiger partial charge in [0.25, 0.3) is 11.8 Å². The van der Waals surface area contributed by atoms with Gasteiger partial charge in [-0.25, -0.2) is 4.79 Å². The van der Waals surface area contributed by atoms with Gasteiger partial charge >= 0.3 is 6.09 Å². The van der Waals surface area contributed by atoms with Gasteiger partial charge in [0, 0.05) is 31.7 Å². The van der Waals surface area contributed by atoms with Crippen LogP contribution < -0.4 is 5.32 Å². The lowest BCUT2D eigenvalue weighted by atomic mass is 9.83. The number of rotatable bonds is 7. The molecule has 2 aromatic carbocycles. The van der Waals surface area contributed by atoms with Crippen molar-refractivity contribution in [1.82, 2.24) is 20.0 Å². The van der Waals surface area contributed by atoms with Crippen molar-refractivity contribution in [3.05, 3.63) is 71.3 Å². The highest BCUT2D eigenvalue weighted by Gasteiger charge is 2.51. The first-order chi connectivity index (χ1) is 18.2. The number of carbonyl (C=O) groups is 3. The molecule has 202 valence electrons. The maximum Gasteiger partial charge on any atom is 0.409 e. The Balaban J connectivity index is 1.55. The summed E-state index contributed by atoms with van der Waals surface area (Å²) in [6, 6.07) is 16.4. The molecule has 0 aliphatic carbocycles. The number of guanidine groups is 1. The van der Waals surface area contributed by atoms with E-state index in [9.17, 15) is 14.4 Å². The first-order valence-corrected chi connectivity index (χ1v) is 13.2. The number of benzene rings is 2. The van der Waals surface area contributed by atoms with E-state index in [1.54, 1.807) is 21.9 Å². The Kier molecular flexibility index (Phi) is 8.04. The standard InChI is InChI=1S/C29H37N5O4/c1-20(2)13-14-29(24-11-6-5-7-12-24)26(36)34(27(30)31-29)21(3)22-9-8-10-23(19-22)25(35)32-15-17-33(18-16-32)28(37)38-4/h5-12,19-21H,13-18H2,1-4H3,(H2,30,31)/t21-,29-/m1/s1. The molecule has 2 aliphatic heterocycles. The maximum absolute atomic E-state index is 14.0. The second-order valence-electron chi connectivity index (χ2n) is 10.4. The highest BCUT2D eigenvalue weighted by Crippen LogP contribution is 2.38. The van der Waals surface area contributed by atoms with Crippen molar-refractivity contribution in [2.75, 3.05) is 33.3 Å². The van der Waals surface area contributed by atoms with Gasteiger partial charge in [0.05, 0.1) is 13.2 Å². The summed E-state index contributed by atoms with van der Waals surface area (Å²) in [7, 11) is 1.35. The monoisotopic (exact) mass is 519 g/mol. The fraction of sp³-hybridized carbons (Fsp3) is 0.448. The molecule has 4 rings (SSSR count). The van der Waals surface area contributed by atoms with Crippen LogP contribution in [0.4, 0.5) is 4.79 Å². The predicted octanol–water partition coefficient (Wildman–Crippen LogP) is 3.97. The second kappa shape index (κ2) is 11.2. The second-order valence-corrected chi connectivity index (χ2v) is 10.4. The Morgan fingerprint density at radius 2 is 1.66 bits per heavy atom. The Bertz CT molecular complexity index is 1190. The van der Waals surface area contributed by atoms with E-state index in [2.05, 4.69) is 19.2 Å². The van der Waals surface area contributed by atoms with E-state index in [1.165, 1.54) is 12.0 Å². The summed E-state index contributed by atoms with van der Waals surface area (Å²) >= 11 is 0. The number of hydrogen-bond donors (Lipinski definition) is 2. The van der Waals surface area contributed by atoms with Crippen molar-refractivity contribution in [3.8, 4) is 0 Å². The minimum atomic E-state index is -0.996. The molecule has 0 radical (unpaired) electrons. The molecule has 9 nitrogen and oxygen atoms in total. The summed E-state index contributed by atoms with van der Waals surface area (Å²) in [5.41, 5.74) is 1.14. The molecular formula is C29H37N5O4. The average Bonchev–Trinajstić information content (AvgIpc) is 3.21. The zero-order valence-corrected chi connectivity index (χ0v) is 22.6. The summed E-state index contributed by atoms with van der Waals surface area (Å²) in [5, 5.41) is 12.0. The van der Waals surface area contributed by atoms with E-state index >= 15 is 0 Å². The summed E-state index contributed by atoms with van der Waals surface area (Å²) in [6.45, 7) is 7.81. The van der Waals surface area contributed by atoms with Gasteiger partial charge in [0.2, 0.25) is 0 Å². The van der Waals surface area contributed by atoms with E-state index in [4.69, 9.17) is 10.1 Å². The van der Waals surface area contributed by atoms with E-state index < -0.39 is 11.6 Å². The largest absolute Gasteiger partial charge is 0.453 e. The lowest BCUT2D eigenvalue weighted by Crippen LogP contribution is -2.50. The van der Waals surface area contributed by atoms with E-state index in [-0.39, 0.29) is 23.9 Å². The van der Waals surface area contributed by atoms with E-state index in [1.807, 2.05) is 49.4 Å². The SMILES string of the molecule is COC(=O)N1CCN(C(=O)c2cccc([C@@H](C)N3C(=N)N[C@](CCC(C)C)(c4ccccc4)C3=O)c2)CC1. The summed E-state index contributed by atoms with van der Waals surface area (Å²) in [4.78, 5) is 43.9. The molecule has 9 heteroatoms. The molecule has 0 bridgehead atoms. The van der Waals surface area contributed by atoms with Gasteiger partial charge in [0.1, 0.15) is 5.54 Å². The molecular weight excluding hydrogens is 482 g/mol. The third-order valence-corrected chi connectivity index (χ3v) is 7.52. The van der Waals surface area contributed by atoms with Gasteiger partial charge in [-0.15, -0.1) is 0 Å². The van der Waals surface area contributed by atoms with Crippen molar-refractivity contribution in [2.24, 2.45) is 5.92 Å². The van der Waals surface area contributed by atoms with Gasteiger partial charge in [-0.3, -0.25) is 19.9 Å². The number of nitrogens with one attached hydrogen (secondary N) is 2. The van der Waals surface area contributed by atoms with Crippen LogP contribution in [0.2, 0.25) is 0 Å². The lowest BCUT2D eigenvalue weighted by Gasteiger charge is -2.34. The summed E-state index contributed by atoms with van der Waals surface area (Å²) in [5.74, 6) is 0.186. The molecule has 2 saturated heterocycles. The third kappa shape index (κ3) is 5.23. The number of methoxy groups -OCH3 is 1. The van der Waals surface area contributed by atoms with Gasteiger partial charge in [0.15, 0.2) is 5.96 Å². The number of amides is 3. The van der Waals surface area contributed by atoms with Crippen LogP contribution in [-0.2, 0) is 15.1 Å². The lowest BCUT2D eigenvalue weighted by molar-refractivity contribution is -0.133. The topological polar surface area (TPSA) is 106 Å². The van der Waals surface area contributed by atoms with Gasteiger partial charge in [-0.1, -0.05) is 56.3 Å². The van der Waals surface area contributed by atoms with Gasteiger partial charge in [-0.2, -0.15) is 0 Å². The van der Waals surface area contributed by atoms with Crippen LogP contribution in [0.3, 0.4) is 0 Å². The first kappa shape index (κ1) is 27.2. The number of piperazine rings is 1. The van der Waals surface area contributed by atoms with Gasteiger partial charge in [-0.05, 0) is 48.9 Å². The number of nitrogens with zero attached hydrogens (tertiary/aromatic N) is 3. The van der Waals surface area contributed by atoms with Crippen LogP contribution in [0.15, 0.2) is 54.6 Å². The third-order valence-electron chi connectivity index (χ3n) is 7.52. The Morgan fingerprint density at radius 3 is 2.29 bits per heavy atom. The minimum Gasteiger partial charge on any atom is -0.453 e. The molecule has 2 atom stereocenters. The predicted molar refractivity (Wildman–Crippen MR) is 145 cm³/mol. The van der Waals surface area contributed by atoms with E-state index in [0.717, 1.165) is 17.5 Å². The fourth-order valence-electron chi connectivity index (χ4n) is 5.21. The van der Waals surface area contributed by atoms with Crippen LogP contribution in [-0.4, -0.2) is 71.9 Å². The van der Waals surface area contributed by atoms with Gasteiger partial charge < -0.3 is 19.9 Å². The van der Waals surface area contributed by atoms with Crippen molar-refractivity contribution < 1.29 is 19.1 Å². The minimum absolute atomic E-state index is 0.0609. The Labute approximate surface area is 224 Å². The van der Waals surface area contributed by atoms with Crippen LogP contribution >= 0.6 is 0 Å². The molecule has 0 spiro atoms. The highest BCUT2D eigenvalue weighted by atomic mass is 16.5. The molecule has 0 unspecified atom stereocenters. The van der Waals surface area contributed by atoms with Crippen LogP contribution in [0.25, 0.3) is 0 Å². The van der Waals surface area contributed by atoms with Crippen LogP contribution in [0, 0.1) is 11.3 Å². The fourth-order valence-corrected chi connectivity index (χ4v) is 5.21. The Hall–Kier alpha value is -3.88. The summed E-state index contributed by atoms with van der Waals surface area (Å²) in [6.07, 6.45) is 1.02. The van der Waals surface area contributed by atoms with Crippen LogP contribution in [0.1, 0.15) is 61.1 Å². The van der Waals surface area contributed by atoms with Crippen molar-refractivity contribution in [3.63, 3.8) is 0 Å². The molecule has 2 aromatic rings. The first-order valence-electron chi connectivity index (χ1n) is 13.2. The smallest absolute Gasteiger partial charge is 0.409 e. The quantitative estimate of drug-likeness (QED) is 0.576. The molecule has 2 fully saturated rings. The Morgan fingerprint density at radius 1 is 1.00 bits per heavy atom. The zero-order chi connectivity index (χ0) is 27.4. The highest BCUT2D eigenvalue weighted by molar-refractivity contribution is 6.08. The maximum atomic E-state index is 14.0. The molecule has 2 N–H and O–H groups in total. The molecule has 38 heavy (non-hydrogen) atoms. The molecule has 0 saturated carbocycles. The number of ether oxygens (including phenoxy) is 1. The molecule has 3 amide bonds. The molecule has 2 aliphatic rings. The molecule has 0 aromatic heterocycles. The van der Waals surface area contributed by atoms with Crippen LogP contribution in [0.5, 0.6) is 0 Å². The normalized spacial score (nSPS) is 20.5. The van der Waals surface area contributed by atoms with Crippen molar-refractivity contribution in [2.45, 2.75) is 45.2 Å². The number of hydrogen-bond acceptors (Lipinski definition) is 5. The summed E-state index contributed by atoms with van der Waals surface area (Å²) < 4.78 is 4.78. The van der Waals surface area contributed by atoms with E-state index in [0.29, 0.717) is 44.1 Å². The average molecular weight is 520 g/mol. The van der Waals surface area contributed by atoms with Crippen molar-refractivity contribution >= 4 is 23.9 Å². The number of carbonyl (C=O) groups excluding carboxylic acids is 3. The van der Waals surface area contributed by atoms with Crippen molar-refractivity contribution in [1.29, 1.82) is 5.41 Å². The zero-order valence-electron chi connectivity index (χ0n) is 22.6. The molecule has 2 heterocycles.